The molecule has 6 heteroatoms. The second kappa shape index (κ2) is 7.63. The van der Waals surface area contributed by atoms with E-state index in [-0.39, 0.29) is 30.4 Å². The number of benzene rings is 1. The maximum Gasteiger partial charge on any atom is 0.223 e. The van der Waals surface area contributed by atoms with Crippen molar-refractivity contribution in [2.45, 2.75) is 75.8 Å². The quantitative estimate of drug-likeness (QED) is 0.821. The monoisotopic (exact) mass is 415 g/mol. The number of fused-ring (bicyclic) bond motifs is 2. The summed E-state index contributed by atoms with van der Waals surface area (Å²) < 4.78 is 14.0. The topological polar surface area (TPSA) is 52.7 Å². The normalized spacial score (nSPS) is 28.4. The number of likely N-dealkylation sites (tertiary alicyclic amines) is 1. The predicted octanol–water partition coefficient (Wildman–Crippen LogP) is 3.61. The van der Waals surface area contributed by atoms with Crippen LogP contribution in [0.4, 0.5) is 10.1 Å². The molecule has 2 saturated carbocycles. The first kappa shape index (κ1) is 20.0. The number of carbonyl (C=O) groups is 2. The molecule has 1 aromatic carbocycles. The Bertz CT molecular complexity index is 843. The number of halogens is 1. The molecular weight excluding hydrogens is 381 g/mol. The van der Waals surface area contributed by atoms with E-state index < -0.39 is 0 Å². The standard InChI is InChI=1S/C24H32FN3O2.H2/c1-16(29)28-15-24(21-14-18(25)4-9-22(21)28)10-12-27(13-11-24)20-7-2-17(3-8-20)23(30)26-19-5-6-19;/h4,9,14,17,19-20H,2-3,5-8,10-13,15H2,1H3,(H,26,30);1H. The number of anilines is 1. The number of carbonyl (C=O) groups excluding carboxylic acids is 2. The van der Waals surface area contributed by atoms with Crippen LogP contribution in [0.3, 0.4) is 0 Å². The van der Waals surface area contributed by atoms with Gasteiger partial charge in [-0.05, 0) is 88.2 Å². The molecular formula is C24H34FN3O2. The molecule has 164 valence electrons. The maximum absolute atomic E-state index is 14.0. The van der Waals surface area contributed by atoms with Crippen LogP contribution in [0.5, 0.6) is 0 Å². The highest BCUT2D eigenvalue weighted by atomic mass is 19.1. The average Bonchev–Trinajstić information content (AvgIpc) is 3.51. The third-order valence-electron chi connectivity index (χ3n) is 7.92. The van der Waals surface area contributed by atoms with Gasteiger partial charge in [-0.15, -0.1) is 0 Å². The Kier molecular flexibility index (Phi) is 5.08. The Labute approximate surface area is 179 Å². The summed E-state index contributed by atoms with van der Waals surface area (Å²) >= 11 is 0. The van der Waals surface area contributed by atoms with Crippen molar-refractivity contribution in [2.75, 3.05) is 24.5 Å². The summed E-state index contributed by atoms with van der Waals surface area (Å²) in [4.78, 5) is 28.9. The van der Waals surface area contributed by atoms with E-state index in [4.69, 9.17) is 0 Å². The first-order chi connectivity index (χ1) is 14.4. The third-order valence-corrected chi connectivity index (χ3v) is 7.92. The molecule has 0 bridgehead atoms. The average molecular weight is 416 g/mol. The van der Waals surface area contributed by atoms with Gasteiger partial charge in [0.2, 0.25) is 11.8 Å². The van der Waals surface area contributed by atoms with E-state index >= 15 is 0 Å². The zero-order valence-corrected chi connectivity index (χ0v) is 17.8. The molecule has 0 unspecified atom stereocenters. The number of nitrogens with one attached hydrogen (secondary N) is 1. The summed E-state index contributed by atoms with van der Waals surface area (Å²) in [6.07, 6.45) is 8.33. The fraction of sp³-hybridized carbons (Fsp3) is 0.667. The lowest BCUT2D eigenvalue weighted by molar-refractivity contribution is -0.126. The molecule has 2 amide bonds. The van der Waals surface area contributed by atoms with E-state index in [0.29, 0.717) is 18.6 Å². The number of amides is 2. The second-order valence-electron chi connectivity index (χ2n) is 9.87. The predicted molar refractivity (Wildman–Crippen MR) is 116 cm³/mol. The van der Waals surface area contributed by atoms with Gasteiger partial charge in [-0.1, -0.05) is 0 Å². The van der Waals surface area contributed by atoms with Crippen molar-refractivity contribution in [3.63, 3.8) is 0 Å². The number of hydrogen-bond donors (Lipinski definition) is 1. The van der Waals surface area contributed by atoms with Crippen LogP contribution in [-0.2, 0) is 15.0 Å². The molecule has 2 aliphatic heterocycles. The second-order valence-corrected chi connectivity index (χ2v) is 9.87. The number of piperidine rings is 1. The van der Waals surface area contributed by atoms with Gasteiger partial charge < -0.3 is 15.1 Å². The third kappa shape index (κ3) is 3.64. The molecule has 1 N–H and O–H groups in total. The van der Waals surface area contributed by atoms with E-state index in [9.17, 15) is 14.0 Å². The van der Waals surface area contributed by atoms with Crippen LogP contribution in [-0.4, -0.2) is 48.4 Å². The van der Waals surface area contributed by atoms with Gasteiger partial charge >= 0.3 is 0 Å². The van der Waals surface area contributed by atoms with Crippen molar-refractivity contribution in [2.24, 2.45) is 5.92 Å². The minimum atomic E-state index is -0.219. The largest absolute Gasteiger partial charge is 0.353 e. The molecule has 1 aromatic rings. The summed E-state index contributed by atoms with van der Waals surface area (Å²) in [5.74, 6) is 0.267. The lowest BCUT2D eigenvalue weighted by atomic mass is 9.73. The van der Waals surface area contributed by atoms with E-state index in [2.05, 4.69) is 10.2 Å². The molecule has 1 saturated heterocycles. The number of hydrogen-bond acceptors (Lipinski definition) is 3. The van der Waals surface area contributed by atoms with Crippen LogP contribution in [0.25, 0.3) is 0 Å². The smallest absolute Gasteiger partial charge is 0.223 e. The maximum atomic E-state index is 14.0. The van der Waals surface area contributed by atoms with Crippen LogP contribution in [0.15, 0.2) is 18.2 Å². The molecule has 3 fully saturated rings. The highest BCUT2D eigenvalue weighted by Gasteiger charge is 2.47. The van der Waals surface area contributed by atoms with E-state index in [0.717, 1.165) is 75.7 Å². The van der Waals surface area contributed by atoms with Gasteiger partial charge in [0.15, 0.2) is 0 Å². The molecule has 30 heavy (non-hydrogen) atoms. The Balaban J connectivity index is 0.00000231. The SMILES string of the molecule is CC(=O)N1CC2(CCN(C3CCC(C(=O)NC4CC4)CC3)CC2)c2cc(F)ccc21.[HH]. The van der Waals surface area contributed by atoms with Crippen molar-refractivity contribution < 1.29 is 15.4 Å². The Morgan fingerprint density at radius 1 is 1.10 bits per heavy atom. The van der Waals surface area contributed by atoms with E-state index in [1.165, 1.54) is 6.07 Å². The molecule has 0 aromatic heterocycles. The minimum absolute atomic E-state index is 0. The fourth-order valence-corrected chi connectivity index (χ4v) is 5.92. The van der Waals surface area contributed by atoms with Crippen LogP contribution in [0, 0.1) is 11.7 Å². The van der Waals surface area contributed by atoms with Crippen LogP contribution in [0.2, 0.25) is 0 Å². The van der Waals surface area contributed by atoms with Gasteiger partial charge in [0, 0.05) is 44.0 Å². The zero-order valence-electron chi connectivity index (χ0n) is 17.8. The number of nitrogens with zero attached hydrogens (tertiary/aromatic N) is 2. The highest BCUT2D eigenvalue weighted by Crippen LogP contribution is 2.48. The first-order valence-corrected chi connectivity index (χ1v) is 11.6. The summed E-state index contributed by atoms with van der Waals surface area (Å²) in [6.45, 7) is 4.22. The number of rotatable bonds is 3. The molecule has 2 heterocycles. The Morgan fingerprint density at radius 3 is 2.43 bits per heavy atom. The van der Waals surface area contributed by atoms with Gasteiger partial charge in [-0.25, -0.2) is 4.39 Å². The zero-order chi connectivity index (χ0) is 20.9. The highest BCUT2D eigenvalue weighted by molar-refractivity contribution is 5.94. The fourth-order valence-electron chi connectivity index (χ4n) is 5.92. The lowest BCUT2D eigenvalue weighted by Gasteiger charge is -2.44. The van der Waals surface area contributed by atoms with Crippen molar-refractivity contribution in [1.82, 2.24) is 10.2 Å². The molecule has 0 atom stereocenters. The molecule has 2 aliphatic carbocycles. The van der Waals surface area contributed by atoms with Crippen LogP contribution >= 0.6 is 0 Å². The summed E-state index contributed by atoms with van der Waals surface area (Å²) in [5, 5.41) is 3.16. The lowest BCUT2D eigenvalue weighted by Crippen LogP contribution is -2.50. The van der Waals surface area contributed by atoms with Gasteiger partial charge in [0.05, 0.1) is 0 Å². The Hall–Kier alpha value is -1.95. The van der Waals surface area contributed by atoms with E-state index in [1.54, 1.807) is 19.1 Å². The molecule has 0 radical (unpaired) electrons. The van der Waals surface area contributed by atoms with Crippen LogP contribution < -0.4 is 10.2 Å². The van der Waals surface area contributed by atoms with Crippen molar-refractivity contribution >= 4 is 17.5 Å². The van der Waals surface area contributed by atoms with Gasteiger partial charge in [-0.2, -0.15) is 0 Å². The van der Waals surface area contributed by atoms with Crippen molar-refractivity contribution in [1.29, 1.82) is 0 Å². The minimum Gasteiger partial charge on any atom is -0.353 e. The van der Waals surface area contributed by atoms with Gasteiger partial charge in [-0.3, -0.25) is 9.59 Å². The molecule has 5 rings (SSSR count). The van der Waals surface area contributed by atoms with Crippen LogP contribution in [0.1, 0.15) is 65.3 Å². The summed E-state index contributed by atoms with van der Waals surface area (Å²) in [6, 6.07) is 5.87. The molecule has 5 nitrogen and oxygen atoms in total. The van der Waals surface area contributed by atoms with Crippen molar-refractivity contribution in [3.05, 3.63) is 29.6 Å². The summed E-state index contributed by atoms with van der Waals surface area (Å²) in [7, 11) is 0. The first-order valence-electron chi connectivity index (χ1n) is 11.6. The van der Waals surface area contributed by atoms with E-state index in [1.807, 2.05) is 4.90 Å². The van der Waals surface area contributed by atoms with Gasteiger partial charge in [0.25, 0.3) is 0 Å². The summed E-state index contributed by atoms with van der Waals surface area (Å²) in [5.41, 5.74) is 1.78. The molecule has 1 spiro atoms. The molecule has 4 aliphatic rings. The van der Waals surface area contributed by atoms with Gasteiger partial charge in [0.1, 0.15) is 5.82 Å². The van der Waals surface area contributed by atoms with Crippen molar-refractivity contribution in [3.8, 4) is 0 Å². The Morgan fingerprint density at radius 2 is 1.80 bits per heavy atom.